The Morgan fingerprint density at radius 1 is 0.390 bits per heavy atom. The molecule has 11 aromatic rings. The number of anilines is 2. The third kappa shape index (κ3) is 5.02. The van der Waals surface area contributed by atoms with E-state index in [0.29, 0.717) is 0 Å². The second-order valence-electron chi connectivity index (χ2n) is 15.4. The standard InChI is InChI=1S/C56H37N3/c1-37-17-13-14-34-57(53-31-16-28-42(54(37)53)38-32-33-52-49(35-38)45-24-9-11-29-50(45)58(52)39-18-3-2-4-19-39)40-20-15-21-41(36-40)59-51-30-12-10-27-48(51)55-46-25-7-5-22-43(46)44-23-6-8-26-47(44)56(55)59/h2-36H,1H2/b17-13-,34-14-. The lowest BCUT2D eigenvalue weighted by Crippen LogP contribution is -2.12. The summed E-state index contributed by atoms with van der Waals surface area (Å²) in [6.07, 6.45) is 8.51. The van der Waals surface area contributed by atoms with E-state index in [4.69, 9.17) is 0 Å². The molecular weight excluding hydrogens is 715 g/mol. The quantitative estimate of drug-likeness (QED) is 0.163. The third-order valence-electron chi connectivity index (χ3n) is 12.2. The van der Waals surface area contributed by atoms with Gasteiger partial charge in [0.05, 0.1) is 27.8 Å². The van der Waals surface area contributed by atoms with Gasteiger partial charge in [-0.2, -0.15) is 0 Å². The molecule has 0 spiro atoms. The average molecular weight is 752 g/mol. The summed E-state index contributed by atoms with van der Waals surface area (Å²) in [5.41, 5.74) is 13.6. The molecule has 0 N–H and O–H groups in total. The summed E-state index contributed by atoms with van der Waals surface area (Å²) in [6, 6.07) is 68.4. The summed E-state index contributed by atoms with van der Waals surface area (Å²) in [4.78, 5) is 2.32. The van der Waals surface area contributed by atoms with Crippen LogP contribution in [-0.4, -0.2) is 9.13 Å². The predicted octanol–water partition coefficient (Wildman–Crippen LogP) is 15.1. The first-order valence-electron chi connectivity index (χ1n) is 20.2. The minimum Gasteiger partial charge on any atom is -0.316 e. The lowest BCUT2D eigenvalue weighted by molar-refractivity contribution is 1.17. The molecule has 0 amide bonds. The Labute approximate surface area is 341 Å². The highest BCUT2D eigenvalue weighted by Gasteiger charge is 2.22. The van der Waals surface area contributed by atoms with Crippen LogP contribution in [0.4, 0.5) is 11.4 Å². The Kier molecular flexibility index (Phi) is 7.38. The van der Waals surface area contributed by atoms with Crippen LogP contribution in [0.2, 0.25) is 0 Å². The molecule has 9 aromatic carbocycles. The summed E-state index contributed by atoms with van der Waals surface area (Å²) >= 11 is 0. The van der Waals surface area contributed by atoms with Crippen molar-refractivity contribution in [3.63, 3.8) is 0 Å². The molecule has 2 aromatic heterocycles. The molecule has 0 unspecified atom stereocenters. The lowest BCUT2D eigenvalue weighted by Gasteiger charge is -2.27. The normalized spacial score (nSPS) is 14.0. The first-order valence-corrected chi connectivity index (χ1v) is 20.2. The van der Waals surface area contributed by atoms with E-state index in [-0.39, 0.29) is 0 Å². The van der Waals surface area contributed by atoms with Crippen LogP contribution >= 0.6 is 0 Å². The Balaban J connectivity index is 1.05. The maximum atomic E-state index is 4.65. The second kappa shape index (κ2) is 13.1. The molecule has 3 heteroatoms. The largest absolute Gasteiger partial charge is 0.316 e. The van der Waals surface area contributed by atoms with Gasteiger partial charge in [0.15, 0.2) is 0 Å². The summed E-state index contributed by atoms with van der Waals surface area (Å²) in [7, 11) is 0. The lowest BCUT2D eigenvalue weighted by atomic mass is 9.91. The van der Waals surface area contributed by atoms with Crippen LogP contribution in [0.15, 0.2) is 219 Å². The molecule has 0 saturated heterocycles. The summed E-state index contributed by atoms with van der Waals surface area (Å²) in [5.74, 6) is 0. The first-order chi connectivity index (χ1) is 29.2. The van der Waals surface area contributed by atoms with E-state index in [1.165, 1.54) is 65.2 Å². The van der Waals surface area contributed by atoms with E-state index in [1.54, 1.807) is 0 Å². The van der Waals surface area contributed by atoms with Crippen molar-refractivity contribution in [2.75, 3.05) is 4.90 Å². The number of rotatable bonds is 4. The number of hydrogen-bond donors (Lipinski definition) is 0. The van der Waals surface area contributed by atoms with E-state index >= 15 is 0 Å². The molecule has 0 atom stereocenters. The fourth-order valence-corrected chi connectivity index (χ4v) is 9.69. The molecule has 276 valence electrons. The maximum Gasteiger partial charge on any atom is 0.0625 e. The number of allylic oxidation sites excluding steroid dienone is 4. The molecule has 0 bridgehead atoms. The van der Waals surface area contributed by atoms with Gasteiger partial charge >= 0.3 is 0 Å². The van der Waals surface area contributed by atoms with Crippen molar-refractivity contribution < 1.29 is 0 Å². The van der Waals surface area contributed by atoms with Crippen molar-refractivity contribution in [2.45, 2.75) is 0 Å². The highest BCUT2D eigenvalue weighted by Crippen LogP contribution is 2.45. The number of nitrogens with zero attached hydrogens (tertiary/aromatic N) is 3. The molecule has 3 nitrogen and oxygen atoms in total. The van der Waals surface area contributed by atoms with Crippen LogP contribution in [0.1, 0.15) is 5.56 Å². The Morgan fingerprint density at radius 2 is 1.00 bits per heavy atom. The Bertz CT molecular complexity index is 3580. The molecule has 12 rings (SSSR count). The zero-order valence-electron chi connectivity index (χ0n) is 32.3. The van der Waals surface area contributed by atoms with Crippen molar-refractivity contribution >= 4 is 82.1 Å². The van der Waals surface area contributed by atoms with Gasteiger partial charge in [0.2, 0.25) is 0 Å². The van der Waals surface area contributed by atoms with Crippen LogP contribution in [-0.2, 0) is 0 Å². The highest BCUT2D eigenvalue weighted by atomic mass is 15.1. The van der Waals surface area contributed by atoms with Crippen molar-refractivity contribution in [3.8, 4) is 22.5 Å². The van der Waals surface area contributed by atoms with Gasteiger partial charge in [0, 0.05) is 55.8 Å². The molecule has 1 aliphatic heterocycles. The minimum atomic E-state index is 0.966. The van der Waals surface area contributed by atoms with Crippen molar-refractivity contribution in [2.24, 2.45) is 0 Å². The number of aromatic nitrogens is 2. The molecule has 0 radical (unpaired) electrons. The van der Waals surface area contributed by atoms with E-state index in [1.807, 2.05) is 0 Å². The average Bonchev–Trinajstić information content (AvgIpc) is 3.82. The topological polar surface area (TPSA) is 13.1 Å². The molecule has 0 aliphatic carbocycles. The number of fused-ring (bicyclic) bond motifs is 12. The first kappa shape index (κ1) is 33.3. The molecule has 1 aliphatic rings. The van der Waals surface area contributed by atoms with E-state index in [9.17, 15) is 0 Å². The smallest absolute Gasteiger partial charge is 0.0625 e. The molecule has 0 fully saturated rings. The molecule has 0 saturated carbocycles. The maximum absolute atomic E-state index is 4.65. The number of para-hydroxylation sites is 3. The summed E-state index contributed by atoms with van der Waals surface area (Å²) in [6.45, 7) is 4.65. The van der Waals surface area contributed by atoms with E-state index < -0.39 is 0 Å². The van der Waals surface area contributed by atoms with Gasteiger partial charge in [-0.15, -0.1) is 0 Å². The van der Waals surface area contributed by atoms with Crippen LogP contribution < -0.4 is 4.90 Å². The number of hydrogen-bond acceptors (Lipinski definition) is 1. The fourth-order valence-electron chi connectivity index (χ4n) is 9.69. The molecule has 59 heavy (non-hydrogen) atoms. The van der Waals surface area contributed by atoms with Gasteiger partial charge in [-0.25, -0.2) is 0 Å². The number of benzene rings is 9. The fraction of sp³-hybridized carbons (Fsp3) is 0. The van der Waals surface area contributed by atoms with Gasteiger partial charge < -0.3 is 14.0 Å². The van der Waals surface area contributed by atoms with Crippen LogP contribution in [0.5, 0.6) is 0 Å². The Hall–Kier alpha value is -7.88. The van der Waals surface area contributed by atoms with E-state index in [2.05, 4.69) is 233 Å². The zero-order chi connectivity index (χ0) is 39.0. The summed E-state index contributed by atoms with van der Waals surface area (Å²) in [5, 5.41) is 10.0. The van der Waals surface area contributed by atoms with Gasteiger partial charge in [-0.1, -0.05) is 146 Å². The van der Waals surface area contributed by atoms with E-state index in [0.717, 1.165) is 45.0 Å². The monoisotopic (exact) mass is 751 g/mol. The SMILES string of the molecule is C=C1/C=C\C=C/N(c2cccc(-n3c4ccccc4c4c5ccccc5c5ccccc5c43)c2)c2cccc(-c3ccc4c(c3)c3ccccc3n4-c3ccccc3)c21. The van der Waals surface area contributed by atoms with Crippen molar-refractivity contribution in [3.05, 3.63) is 225 Å². The van der Waals surface area contributed by atoms with Crippen LogP contribution in [0, 0.1) is 0 Å². The van der Waals surface area contributed by atoms with Crippen LogP contribution in [0.3, 0.4) is 0 Å². The second-order valence-corrected chi connectivity index (χ2v) is 15.4. The van der Waals surface area contributed by atoms with Gasteiger partial charge in [0.1, 0.15) is 0 Å². The van der Waals surface area contributed by atoms with Gasteiger partial charge in [0.25, 0.3) is 0 Å². The Morgan fingerprint density at radius 3 is 1.81 bits per heavy atom. The predicted molar refractivity (Wildman–Crippen MR) is 251 cm³/mol. The highest BCUT2D eigenvalue weighted by molar-refractivity contribution is 6.32. The third-order valence-corrected chi connectivity index (χ3v) is 12.2. The van der Waals surface area contributed by atoms with Crippen molar-refractivity contribution in [1.29, 1.82) is 0 Å². The zero-order valence-corrected chi connectivity index (χ0v) is 32.3. The summed E-state index contributed by atoms with van der Waals surface area (Å²) < 4.78 is 4.84. The van der Waals surface area contributed by atoms with Crippen LogP contribution in [0.25, 0.3) is 93.2 Å². The molecular formula is C56H37N3. The minimum absolute atomic E-state index is 0.966. The van der Waals surface area contributed by atoms with Gasteiger partial charge in [-0.05, 0) is 99.6 Å². The van der Waals surface area contributed by atoms with Crippen molar-refractivity contribution in [1.82, 2.24) is 9.13 Å². The van der Waals surface area contributed by atoms with Gasteiger partial charge in [-0.3, -0.25) is 0 Å². The molecule has 3 heterocycles.